The monoisotopic (exact) mass is 473 g/mol. The number of nitrogens with zero attached hydrogens (tertiary/aromatic N) is 1. The van der Waals surface area contributed by atoms with Crippen LogP contribution in [0.2, 0.25) is 5.02 Å². The summed E-state index contributed by atoms with van der Waals surface area (Å²) in [5.74, 6) is -1.86. The van der Waals surface area contributed by atoms with Gasteiger partial charge in [0.2, 0.25) is 0 Å². The van der Waals surface area contributed by atoms with Gasteiger partial charge in [-0.1, -0.05) is 23.7 Å². The number of ether oxygens (including phenoxy) is 3. The van der Waals surface area contributed by atoms with Gasteiger partial charge in [0.15, 0.2) is 0 Å². The molecule has 0 aliphatic carbocycles. The lowest BCUT2D eigenvalue weighted by molar-refractivity contribution is -0.140. The Morgan fingerprint density at radius 2 is 1.88 bits per heavy atom. The van der Waals surface area contributed by atoms with Crippen molar-refractivity contribution in [3.8, 4) is 11.5 Å². The highest BCUT2D eigenvalue weighted by molar-refractivity contribution is 6.47. The molecule has 0 aromatic heterocycles. The first-order valence-electron chi connectivity index (χ1n) is 10.2. The van der Waals surface area contributed by atoms with Crippen molar-refractivity contribution in [3.63, 3.8) is 0 Å². The molecule has 8 nitrogen and oxygen atoms in total. The SMILES string of the molecule is COCCCN1C(=O)C(=O)/C(=C(/O)c2cc(OC)ccc2Cl)C1c1cccc(OC(C)=O)c1. The lowest BCUT2D eigenvalue weighted by atomic mass is 9.95. The van der Waals surface area contributed by atoms with Crippen LogP contribution in [0.5, 0.6) is 11.5 Å². The van der Waals surface area contributed by atoms with E-state index in [1.54, 1.807) is 37.4 Å². The van der Waals surface area contributed by atoms with Gasteiger partial charge in [-0.3, -0.25) is 14.4 Å². The van der Waals surface area contributed by atoms with Crippen molar-refractivity contribution < 1.29 is 33.7 Å². The molecule has 1 amide bonds. The Hall–Kier alpha value is -3.36. The molecule has 3 rings (SSSR count). The quantitative estimate of drug-likeness (QED) is 0.156. The second-order valence-electron chi connectivity index (χ2n) is 7.35. The van der Waals surface area contributed by atoms with Crippen LogP contribution in [0.25, 0.3) is 5.76 Å². The summed E-state index contributed by atoms with van der Waals surface area (Å²) in [6.45, 7) is 1.86. The van der Waals surface area contributed by atoms with E-state index in [1.165, 1.54) is 31.1 Å². The van der Waals surface area contributed by atoms with Crippen LogP contribution in [0.4, 0.5) is 0 Å². The van der Waals surface area contributed by atoms with E-state index < -0.39 is 29.5 Å². The third-order valence-electron chi connectivity index (χ3n) is 5.15. The zero-order valence-corrected chi connectivity index (χ0v) is 19.2. The van der Waals surface area contributed by atoms with Crippen molar-refractivity contribution in [2.24, 2.45) is 0 Å². The number of Topliss-reactive ketones (excluding diaryl/α,β-unsaturated/α-hetero) is 1. The molecule has 33 heavy (non-hydrogen) atoms. The number of ketones is 1. The number of carbonyl (C=O) groups excluding carboxylic acids is 3. The summed E-state index contributed by atoms with van der Waals surface area (Å²) in [5.41, 5.74) is 0.533. The number of methoxy groups -OCH3 is 2. The Balaban J connectivity index is 2.18. The lowest BCUT2D eigenvalue weighted by Crippen LogP contribution is -2.31. The van der Waals surface area contributed by atoms with Crippen molar-refractivity contribution in [2.75, 3.05) is 27.4 Å². The molecule has 1 aliphatic heterocycles. The molecule has 0 saturated carbocycles. The molecule has 1 saturated heterocycles. The zero-order valence-electron chi connectivity index (χ0n) is 18.5. The molecule has 2 aromatic carbocycles. The van der Waals surface area contributed by atoms with Crippen molar-refractivity contribution in [2.45, 2.75) is 19.4 Å². The number of benzene rings is 2. The van der Waals surface area contributed by atoms with Crippen LogP contribution < -0.4 is 9.47 Å². The molecule has 9 heteroatoms. The predicted octanol–water partition coefficient (Wildman–Crippen LogP) is 3.73. The first kappa shape index (κ1) is 24.3. The molecule has 1 fully saturated rings. The van der Waals surface area contributed by atoms with Crippen LogP contribution >= 0.6 is 11.6 Å². The number of hydrogen-bond donors (Lipinski definition) is 1. The molecule has 0 radical (unpaired) electrons. The summed E-state index contributed by atoms with van der Waals surface area (Å²) in [7, 11) is 3.00. The van der Waals surface area contributed by atoms with Crippen LogP contribution in [0.1, 0.15) is 30.5 Å². The maximum atomic E-state index is 13.1. The Morgan fingerprint density at radius 3 is 2.55 bits per heavy atom. The average Bonchev–Trinajstić information content (AvgIpc) is 3.04. The number of aliphatic hydroxyl groups excluding tert-OH is 1. The van der Waals surface area contributed by atoms with E-state index in [2.05, 4.69) is 0 Å². The third-order valence-corrected chi connectivity index (χ3v) is 5.48. The molecule has 1 heterocycles. The highest BCUT2D eigenvalue weighted by atomic mass is 35.5. The fourth-order valence-electron chi connectivity index (χ4n) is 3.71. The topological polar surface area (TPSA) is 102 Å². The smallest absolute Gasteiger partial charge is 0.308 e. The minimum Gasteiger partial charge on any atom is -0.507 e. The van der Waals surface area contributed by atoms with Gasteiger partial charge >= 0.3 is 5.97 Å². The normalized spacial score (nSPS) is 17.3. The van der Waals surface area contributed by atoms with Crippen LogP contribution in [0.3, 0.4) is 0 Å². The van der Waals surface area contributed by atoms with Gasteiger partial charge in [-0.15, -0.1) is 0 Å². The first-order chi connectivity index (χ1) is 15.8. The molecule has 2 aromatic rings. The van der Waals surface area contributed by atoms with Crippen LogP contribution in [0, 0.1) is 0 Å². The maximum Gasteiger partial charge on any atom is 0.308 e. The first-order valence-corrected chi connectivity index (χ1v) is 10.6. The lowest BCUT2D eigenvalue weighted by Gasteiger charge is -2.25. The second-order valence-corrected chi connectivity index (χ2v) is 7.76. The number of amides is 1. The average molecular weight is 474 g/mol. The van der Waals surface area contributed by atoms with E-state index in [4.69, 9.17) is 25.8 Å². The van der Waals surface area contributed by atoms with Gasteiger partial charge in [0.05, 0.1) is 23.7 Å². The number of carbonyl (C=O) groups is 3. The number of rotatable bonds is 8. The zero-order chi connectivity index (χ0) is 24.1. The Bertz CT molecular complexity index is 1110. The van der Waals surface area contributed by atoms with Crippen molar-refractivity contribution >= 4 is 35.0 Å². The molecule has 0 spiro atoms. The van der Waals surface area contributed by atoms with Crippen molar-refractivity contribution in [1.82, 2.24) is 4.90 Å². The molecule has 0 bridgehead atoms. The largest absolute Gasteiger partial charge is 0.507 e. The standard InChI is InChI=1S/C24H24ClNO7/c1-14(27)33-17-7-4-6-15(12-17)21-20(23(29)24(30)26(21)10-5-11-31-2)22(28)18-13-16(32-3)8-9-19(18)25/h4,6-9,12-13,21,28H,5,10-11H2,1-3H3/b22-20+. The molecule has 1 unspecified atom stereocenters. The summed E-state index contributed by atoms with van der Waals surface area (Å²) in [6.07, 6.45) is 0.476. The van der Waals surface area contributed by atoms with Gasteiger partial charge in [0, 0.05) is 32.7 Å². The summed E-state index contributed by atoms with van der Waals surface area (Å²) >= 11 is 6.29. The van der Waals surface area contributed by atoms with E-state index in [0.717, 1.165) is 0 Å². The summed E-state index contributed by atoms with van der Waals surface area (Å²) < 4.78 is 15.5. The van der Waals surface area contributed by atoms with Gasteiger partial charge in [-0.2, -0.15) is 0 Å². The molecule has 1 aliphatic rings. The van der Waals surface area contributed by atoms with E-state index in [9.17, 15) is 19.5 Å². The number of hydrogen-bond acceptors (Lipinski definition) is 7. The maximum absolute atomic E-state index is 13.1. The third kappa shape index (κ3) is 5.18. The number of likely N-dealkylation sites (tertiary alicyclic amines) is 1. The predicted molar refractivity (Wildman–Crippen MR) is 121 cm³/mol. The van der Waals surface area contributed by atoms with Crippen LogP contribution in [0.15, 0.2) is 48.0 Å². The summed E-state index contributed by atoms with van der Waals surface area (Å²) in [5, 5.41) is 11.4. The Labute approximate surface area is 196 Å². The molecule has 174 valence electrons. The van der Waals surface area contributed by atoms with Crippen molar-refractivity contribution in [3.05, 3.63) is 64.2 Å². The van der Waals surface area contributed by atoms with Gasteiger partial charge in [-0.05, 0) is 42.3 Å². The molecule has 1 N–H and O–H groups in total. The molecular formula is C24H24ClNO7. The van der Waals surface area contributed by atoms with E-state index >= 15 is 0 Å². The van der Waals surface area contributed by atoms with Crippen LogP contribution in [-0.4, -0.2) is 55.0 Å². The van der Waals surface area contributed by atoms with E-state index in [0.29, 0.717) is 24.3 Å². The van der Waals surface area contributed by atoms with Gasteiger partial charge < -0.3 is 24.2 Å². The van der Waals surface area contributed by atoms with Crippen molar-refractivity contribution in [1.29, 1.82) is 0 Å². The number of aliphatic hydroxyl groups is 1. The summed E-state index contributed by atoms with van der Waals surface area (Å²) in [4.78, 5) is 38.8. The van der Waals surface area contributed by atoms with Gasteiger partial charge in [-0.25, -0.2) is 0 Å². The van der Waals surface area contributed by atoms with Gasteiger partial charge in [0.25, 0.3) is 11.7 Å². The van der Waals surface area contributed by atoms with Gasteiger partial charge in [0.1, 0.15) is 17.3 Å². The minimum absolute atomic E-state index is 0.118. The highest BCUT2D eigenvalue weighted by Crippen LogP contribution is 2.41. The fourth-order valence-corrected chi connectivity index (χ4v) is 3.92. The van der Waals surface area contributed by atoms with E-state index in [1.807, 2.05) is 0 Å². The van der Waals surface area contributed by atoms with E-state index in [-0.39, 0.29) is 28.5 Å². The Morgan fingerprint density at radius 1 is 1.12 bits per heavy atom. The highest BCUT2D eigenvalue weighted by Gasteiger charge is 2.46. The molecule has 1 atom stereocenters. The van der Waals surface area contributed by atoms with Crippen LogP contribution in [-0.2, 0) is 19.1 Å². The fraction of sp³-hybridized carbons (Fsp3) is 0.292. The number of halogens is 1. The summed E-state index contributed by atoms with van der Waals surface area (Å²) in [6, 6.07) is 10.2. The number of esters is 1. The second kappa shape index (κ2) is 10.5. The minimum atomic E-state index is -0.917. The Kier molecular flexibility index (Phi) is 7.73. The molecular weight excluding hydrogens is 450 g/mol.